The highest BCUT2D eigenvalue weighted by atomic mass is 14.4. The maximum atomic E-state index is 2.46. The Morgan fingerprint density at radius 2 is 0.750 bits per heavy atom. The SMILES string of the molecule is CC1(C)c2ccccc2-c2ccc(-c3ccc4c(c3)C(C)(C)c3cc(-c5ccc6c(ccc7ccc8ccccc8c76)c5)ccc3-4)cc21. The van der Waals surface area contributed by atoms with Crippen molar-refractivity contribution in [2.75, 3.05) is 0 Å². The van der Waals surface area contributed by atoms with Gasteiger partial charge in [0.1, 0.15) is 0 Å². The van der Waals surface area contributed by atoms with Crippen molar-refractivity contribution in [1.29, 1.82) is 0 Å². The predicted molar refractivity (Wildman–Crippen MR) is 205 cm³/mol. The Bertz CT molecular complexity index is 2660. The first-order chi connectivity index (χ1) is 23.3. The normalized spacial score (nSPS) is 15.0. The van der Waals surface area contributed by atoms with Crippen LogP contribution in [-0.4, -0.2) is 0 Å². The molecule has 8 aromatic rings. The zero-order valence-electron chi connectivity index (χ0n) is 27.9. The van der Waals surface area contributed by atoms with Gasteiger partial charge in [-0.25, -0.2) is 0 Å². The number of benzene rings is 8. The molecular formula is C48H36. The fraction of sp³-hybridized carbons (Fsp3) is 0.125. The van der Waals surface area contributed by atoms with Crippen LogP contribution in [0.3, 0.4) is 0 Å². The van der Waals surface area contributed by atoms with Gasteiger partial charge in [-0.2, -0.15) is 0 Å². The largest absolute Gasteiger partial charge is 0.0619 e. The highest BCUT2D eigenvalue weighted by molar-refractivity contribution is 6.20. The summed E-state index contributed by atoms with van der Waals surface area (Å²) in [5, 5.41) is 7.83. The Kier molecular flexibility index (Phi) is 5.50. The second kappa shape index (κ2) is 9.55. The van der Waals surface area contributed by atoms with Gasteiger partial charge in [0.2, 0.25) is 0 Å². The van der Waals surface area contributed by atoms with E-state index in [4.69, 9.17) is 0 Å². The molecule has 0 fully saturated rings. The highest BCUT2D eigenvalue weighted by Gasteiger charge is 2.37. The van der Waals surface area contributed by atoms with Crippen LogP contribution in [0, 0.1) is 0 Å². The zero-order chi connectivity index (χ0) is 32.4. The smallest absolute Gasteiger partial charge is 0.0159 e. The average Bonchev–Trinajstić information content (AvgIpc) is 3.49. The fourth-order valence-corrected chi connectivity index (χ4v) is 9.00. The molecule has 0 aliphatic heterocycles. The van der Waals surface area contributed by atoms with Gasteiger partial charge >= 0.3 is 0 Å². The Labute approximate surface area is 282 Å². The van der Waals surface area contributed by atoms with Gasteiger partial charge in [0.05, 0.1) is 0 Å². The van der Waals surface area contributed by atoms with E-state index in [9.17, 15) is 0 Å². The van der Waals surface area contributed by atoms with Gasteiger partial charge in [0, 0.05) is 10.8 Å². The van der Waals surface area contributed by atoms with E-state index in [0.29, 0.717) is 0 Å². The van der Waals surface area contributed by atoms with Crippen molar-refractivity contribution in [2.45, 2.75) is 38.5 Å². The fourth-order valence-electron chi connectivity index (χ4n) is 9.00. The van der Waals surface area contributed by atoms with Crippen molar-refractivity contribution in [1.82, 2.24) is 0 Å². The lowest BCUT2D eigenvalue weighted by Gasteiger charge is -2.23. The molecule has 0 amide bonds. The van der Waals surface area contributed by atoms with E-state index in [1.54, 1.807) is 0 Å². The summed E-state index contributed by atoms with van der Waals surface area (Å²) in [5.41, 5.74) is 16.1. The lowest BCUT2D eigenvalue weighted by Crippen LogP contribution is -2.15. The maximum Gasteiger partial charge on any atom is 0.0159 e. The van der Waals surface area contributed by atoms with Crippen LogP contribution in [0.15, 0.2) is 146 Å². The van der Waals surface area contributed by atoms with Crippen molar-refractivity contribution >= 4 is 32.3 Å². The first-order valence-electron chi connectivity index (χ1n) is 17.2. The Morgan fingerprint density at radius 3 is 1.40 bits per heavy atom. The summed E-state index contributed by atoms with van der Waals surface area (Å²) < 4.78 is 0. The van der Waals surface area contributed by atoms with Gasteiger partial charge < -0.3 is 0 Å². The van der Waals surface area contributed by atoms with Gasteiger partial charge in [-0.1, -0.05) is 149 Å². The summed E-state index contributed by atoms with van der Waals surface area (Å²) in [6, 6.07) is 55.0. The quantitative estimate of drug-likeness (QED) is 0.170. The zero-order valence-corrected chi connectivity index (χ0v) is 27.9. The minimum absolute atomic E-state index is 0.00573. The van der Waals surface area contributed by atoms with E-state index in [0.717, 1.165) is 0 Å². The van der Waals surface area contributed by atoms with Crippen LogP contribution < -0.4 is 0 Å². The van der Waals surface area contributed by atoms with Crippen molar-refractivity contribution < 1.29 is 0 Å². The minimum atomic E-state index is -0.102. The van der Waals surface area contributed by atoms with Crippen molar-refractivity contribution in [2.24, 2.45) is 0 Å². The first kappa shape index (κ1) is 27.6. The molecule has 0 bridgehead atoms. The van der Waals surface area contributed by atoms with Crippen LogP contribution >= 0.6 is 0 Å². The highest BCUT2D eigenvalue weighted by Crippen LogP contribution is 2.52. The molecule has 228 valence electrons. The number of rotatable bonds is 2. The van der Waals surface area contributed by atoms with E-state index >= 15 is 0 Å². The molecule has 0 nitrogen and oxygen atoms in total. The van der Waals surface area contributed by atoms with E-state index in [2.05, 4.69) is 173 Å². The summed E-state index contributed by atoms with van der Waals surface area (Å²) >= 11 is 0. The molecule has 8 aromatic carbocycles. The van der Waals surface area contributed by atoms with Gasteiger partial charge in [0.15, 0.2) is 0 Å². The van der Waals surface area contributed by atoms with Crippen molar-refractivity contribution in [3.05, 3.63) is 168 Å². The topological polar surface area (TPSA) is 0 Å². The summed E-state index contributed by atoms with van der Waals surface area (Å²) in [7, 11) is 0. The van der Waals surface area contributed by atoms with Gasteiger partial charge in [-0.15, -0.1) is 0 Å². The standard InChI is InChI=1S/C48H36/c1-47(2)42-12-8-7-11-38(42)39-22-19-33(27-43(39)47)34-20-24-41-40-23-18-32(26-44(40)48(3,4)45(41)28-34)31-17-21-37-35(25-31)16-15-30-14-13-29-9-5-6-10-36(29)46(30)37/h5-28H,1-4H3. The summed E-state index contributed by atoms with van der Waals surface area (Å²) in [6.45, 7) is 9.51. The van der Waals surface area contributed by atoms with E-state index < -0.39 is 0 Å². The molecule has 0 saturated carbocycles. The first-order valence-corrected chi connectivity index (χ1v) is 17.2. The van der Waals surface area contributed by atoms with Crippen LogP contribution in [0.4, 0.5) is 0 Å². The summed E-state index contributed by atoms with van der Waals surface area (Å²) in [6.07, 6.45) is 0. The molecule has 0 unspecified atom stereocenters. The summed E-state index contributed by atoms with van der Waals surface area (Å²) in [4.78, 5) is 0. The molecule has 48 heavy (non-hydrogen) atoms. The molecule has 0 spiro atoms. The Balaban J connectivity index is 1.04. The number of hydrogen-bond acceptors (Lipinski definition) is 0. The molecule has 2 aliphatic rings. The molecule has 0 heteroatoms. The second-order valence-corrected chi connectivity index (χ2v) is 15.0. The third-order valence-electron chi connectivity index (χ3n) is 11.7. The van der Waals surface area contributed by atoms with Gasteiger partial charge in [-0.3, -0.25) is 0 Å². The number of hydrogen-bond donors (Lipinski definition) is 0. The molecule has 10 rings (SSSR count). The third-order valence-corrected chi connectivity index (χ3v) is 11.7. The molecule has 0 heterocycles. The van der Waals surface area contributed by atoms with Crippen LogP contribution in [0.5, 0.6) is 0 Å². The monoisotopic (exact) mass is 612 g/mol. The minimum Gasteiger partial charge on any atom is -0.0619 e. The van der Waals surface area contributed by atoms with Crippen molar-refractivity contribution in [3.63, 3.8) is 0 Å². The number of fused-ring (bicyclic) bond motifs is 11. The molecule has 0 N–H and O–H groups in total. The van der Waals surface area contributed by atoms with Crippen LogP contribution in [0.25, 0.3) is 76.8 Å². The lowest BCUT2D eigenvalue weighted by molar-refractivity contribution is 0.659. The van der Waals surface area contributed by atoms with Gasteiger partial charge in [0.25, 0.3) is 0 Å². The molecule has 0 aromatic heterocycles. The third kappa shape index (κ3) is 3.72. The van der Waals surface area contributed by atoms with Crippen LogP contribution in [0.2, 0.25) is 0 Å². The van der Waals surface area contributed by atoms with E-state index in [-0.39, 0.29) is 10.8 Å². The summed E-state index contributed by atoms with van der Waals surface area (Å²) in [5.74, 6) is 0. The molecule has 2 aliphatic carbocycles. The molecule has 0 radical (unpaired) electrons. The maximum absolute atomic E-state index is 2.46. The molecular weight excluding hydrogens is 577 g/mol. The van der Waals surface area contributed by atoms with E-state index in [1.165, 1.54) is 99.1 Å². The van der Waals surface area contributed by atoms with E-state index in [1.807, 2.05) is 0 Å². The molecule has 0 atom stereocenters. The van der Waals surface area contributed by atoms with Gasteiger partial charge in [-0.05, 0) is 123 Å². The Hall–Kier alpha value is -5.46. The molecule has 0 saturated heterocycles. The average molecular weight is 613 g/mol. The van der Waals surface area contributed by atoms with Crippen LogP contribution in [0.1, 0.15) is 49.9 Å². The van der Waals surface area contributed by atoms with Crippen molar-refractivity contribution in [3.8, 4) is 44.5 Å². The van der Waals surface area contributed by atoms with Crippen LogP contribution in [-0.2, 0) is 10.8 Å². The predicted octanol–water partition coefficient (Wildman–Crippen LogP) is 13.1. The second-order valence-electron chi connectivity index (χ2n) is 15.0. The lowest BCUT2D eigenvalue weighted by atomic mass is 9.80. The Morgan fingerprint density at radius 1 is 0.312 bits per heavy atom.